The van der Waals surface area contributed by atoms with Gasteiger partial charge >= 0.3 is 6.18 Å². The highest BCUT2D eigenvalue weighted by Gasteiger charge is 2.31. The number of nitriles is 1. The summed E-state index contributed by atoms with van der Waals surface area (Å²) in [5, 5.41) is 11.8. The number of carbonyl (C=O) groups is 1. The van der Waals surface area contributed by atoms with Crippen molar-refractivity contribution in [2.75, 3.05) is 25.1 Å². The number of rotatable bonds is 4. The third kappa shape index (κ3) is 4.26. The number of carbonyl (C=O) groups excluding carboxylic acids is 1. The van der Waals surface area contributed by atoms with E-state index in [0.29, 0.717) is 0 Å². The number of hydrogen-bond acceptors (Lipinski definition) is 5. The van der Waals surface area contributed by atoms with Crippen LogP contribution in [0.25, 0.3) is 0 Å². The number of hydrogen-bond donors (Lipinski definition) is 2. The molecule has 116 valence electrons. The van der Waals surface area contributed by atoms with Crippen molar-refractivity contribution in [1.82, 2.24) is 4.90 Å². The molecule has 0 bridgehead atoms. The maximum Gasteiger partial charge on any atom is 0.391 e. The molecule has 1 aromatic heterocycles. The molecule has 3 N–H and O–H groups in total. The monoisotopic (exact) mass is 320 g/mol. The van der Waals surface area contributed by atoms with Gasteiger partial charge in [-0.3, -0.25) is 4.79 Å². The van der Waals surface area contributed by atoms with Gasteiger partial charge in [0.25, 0.3) is 5.91 Å². The van der Waals surface area contributed by atoms with Gasteiger partial charge in [-0.1, -0.05) is 0 Å². The molecule has 0 radical (unpaired) electrons. The summed E-state index contributed by atoms with van der Waals surface area (Å²) in [5.74, 6) is -0.398. The SMILES string of the molecule is CC(CC(F)(F)F)Nc1sc(C(=O)N(C)C)c(N)c1C#N. The van der Waals surface area contributed by atoms with Gasteiger partial charge in [-0.2, -0.15) is 18.4 Å². The summed E-state index contributed by atoms with van der Waals surface area (Å²) in [4.78, 5) is 13.3. The zero-order chi connectivity index (χ0) is 16.4. The molecule has 0 saturated carbocycles. The Bertz CT molecular complexity index is 574. The average Bonchev–Trinajstić information content (AvgIpc) is 2.61. The minimum absolute atomic E-state index is 0.000718. The highest BCUT2D eigenvalue weighted by atomic mass is 32.1. The lowest BCUT2D eigenvalue weighted by molar-refractivity contribution is -0.136. The van der Waals surface area contributed by atoms with E-state index in [1.807, 2.05) is 6.07 Å². The van der Waals surface area contributed by atoms with Gasteiger partial charge in [-0.05, 0) is 6.92 Å². The van der Waals surface area contributed by atoms with Crippen molar-refractivity contribution >= 4 is 27.9 Å². The fraction of sp³-hybridized carbons (Fsp3) is 0.500. The average molecular weight is 320 g/mol. The van der Waals surface area contributed by atoms with Crippen LogP contribution < -0.4 is 11.1 Å². The van der Waals surface area contributed by atoms with E-state index in [9.17, 15) is 18.0 Å². The number of halogens is 3. The van der Waals surface area contributed by atoms with E-state index in [2.05, 4.69) is 5.32 Å². The van der Waals surface area contributed by atoms with Gasteiger partial charge in [-0.15, -0.1) is 11.3 Å². The molecule has 1 rings (SSSR count). The van der Waals surface area contributed by atoms with Gasteiger partial charge in [0.1, 0.15) is 21.5 Å². The molecule has 1 amide bonds. The van der Waals surface area contributed by atoms with E-state index >= 15 is 0 Å². The molecular formula is C12H15F3N4OS. The van der Waals surface area contributed by atoms with E-state index in [1.165, 1.54) is 25.9 Å². The van der Waals surface area contributed by atoms with E-state index in [0.717, 1.165) is 11.3 Å². The molecule has 1 heterocycles. The van der Waals surface area contributed by atoms with Crippen molar-refractivity contribution in [3.8, 4) is 6.07 Å². The molecule has 0 aromatic carbocycles. The Morgan fingerprint density at radius 2 is 2.10 bits per heavy atom. The van der Waals surface area contributed by atoms with E-state index in [1.54, 1.807) is 0 Å². The van der Waals surface area contributed by atoms with Crippen LogP contribution in [0.1, 0.15) is 28.6 Å². The highest BCUT2D eigenvalue weighted by molar-refractivity contribution is 7.18. The summed E-state index contributed by atoms with van der Waals surface area (Å²) in [6.45, 7) is 1.35. The first-order valence-electron chi connectivity index (χ1n) is 5.94. The highest BCUT2D eigenvalue weighted by Crippen LogP contribution is 2.37. The number of nitrogens with zero attached hydrogens (tertiary/aromatic N) is 2. The topological polar surface area (TPSA) is 82.2 Å². The van der Waals surface area contributed by atoms with Crippen molar-refractivity contribution in [3.05, 3.63) is 10.4 Å². The fourth-order valence-electron chi connectivity index (χ4n) is 1.64. The van der Waals surface area contributed by atoms with Crippen molar-refractivity contribution < 1.29 is 18.0 Å². The summed E-state index contributed by atoms with van der Waals surface area (Å²) in [7, 11) is 3.04. The van der Waals surface area contributed by atoms with Crippen molar-refractivity contribution in [2.45, 2.75) is 25.6 Å². The minimum Gasteiger partial charge on any atom is -0.396 e. The molecule has 0 aliphatic carbocycles. The first-order chi connectivity index (χ1) is 9.56. The van der Waals surface area contributed by atoms with Crippen LogP contribution in [0.2, 0.25) is 0 Å². The zero-order valence-corrected chi connectivity index (χ0v) is 12.5. The predicted octanol–water partition coefficient (Wildman–Crippen LogP) is 2.66. The maximum absolute atomic E-state index is 12.3. The Kier molecular flexibility index (Phi) is 5.06. The van der Waals surface area contributed by atoms with Crippen LogP contribution in [0.4, 0.5) is 23.9 Å². The number of nitrogens with one attached hydrogen (secondary N) is 1. The largest absolute Gasteiger partial charge is 0.396 e. The Hall–Kier alpha value is -1.95. The summed E-state index contributed by atoms with van der Waals surface area (Å²) in [6.07, 6.45) is -5.36. The third-order valence-corrected chi connectivity index (χ3v) is 3.70. The molecule has 0 saturated heterocycles. The Morgan fingerprint density at radius 1 is 1.52 bits per heavy atom. The molecular weight excluding hydrogens is 305 g/mol. The lowest BCUT2D eigenvalue weighted by atomic mass is 10.2. The number of nitrogen functional groups attached to an aromatic ring is 1. The lowest BCUT2D eigenvalue weighted by Crippen LogP contribution is -2.23. The maximum atomic E-state index is 12.3. The van der Waals surface area contributed by atoms with Gasteiger partial charge in [-0.25, -0.2) is 0 Å². The smallest absolute Gasteiger partial charge is 0.391 e. The quantitative estimate of drug-likeness (QED) is 0.893. The number of nitrogens with two attached hydrogens (primary N) is 1. The number of amides is 1. The molecule has 0 aliphatic rings. The van der Waals surface area contributed by atoms with Crippen LogP contribution >= 0.6 is 11.3 Å². The first-order valence-corrected chi connectivity index (χ1v) is 6.75. The molecule has 1 unspecified atom stereocenters. The second kappa shape index (κ2) is 6.22. The standard InChI is InChI=1S/C12H15F3N4OS/c1-6(4-12(13,14)15)18-10-7(5-16)8(17)9(21-10)11(20)19(2)3/h6,18H,4,17H2,1-3H3. The molecule has 5 nitrogen and oxygen atoms in total. The number of alkyl halides is 3. The summed E-state index contributed by atoms with van der Waals surface area (Å²) in [5.41, 5.74) is 5.72. The second-order valence-electron chi connectivity index (χ2n) is 4.73. The predicted molar refractivity (Wildman–Crippen MR) is 75.2 cm³/mol. The van der Waals surface area contributed by atoms with Crippen LogP contribution in [0.15, 0.2) is 0 Å². The van der Waals surface area contributed by atoms with Gasteiger partial charge < -0.3 is 16.0 Å². The van der Waals surface area contributed by atoms with E-state index < -0.39 is 24.5 Å². The molecule has 0 fully saturated rings. The Morgan fingerprint density at radius 3 is 2.52 bits per heavy atom. The van der Waals surface area contributed by atoms with Crippen molar-refractivity contribution in [3.63, 3.8) is 0 Å². The van der Waals surface area contributed by atoms with Gasteiger partial charge in [0, 0.05) is 20.1 Å². The van der Waals surface area contributed by atoms with Crippen molar-refractivity contribution in [1.29, 1.82) is 5.26 Å². The van der Waals surface area contributed by atoms with Crippen molar-refractivity contribution in [2.24, 2.45) is 0 Å². The van der Waals surface area contributed by atoms with Crippen LogP contribution in [-0.4, -0.2) is 37.1 Å². The summed E-state index contributed by atoms with van der Waals surface area (Å²) in [6, 6.07) is 0.884. The molecule has 0 spiro atoms. The Labute approximate surface area is 124 Å². The Balaban J connectivity index is 3.06. The van der Waals surface area contributed by atoms with Crippen LogP contribution in [-0.2, 0) is 0 Å². The zero-order valence-electron chi connectivity index (χ0n) is 11.7. The number of anilines is 2. The number of thiophene rings is 1. The van der Waals surface area contributed by atoms with Crippen LogP contribution in [0, 0.1) is 11.3 Å². The molecule has 21 heavy (non-hydrogen) atoms. The summed E-state index contributed by atoms with van der Waals surface area (Å²) < 4.78 is 37.0. The van der Waals surface area contributed by atoms with E-state index in [-0.39, 0.29) is 21.1 Å². The van der Waals surface area contributed by atoms with Gasteiger partial charge in [0.05, 0.1) is 12.1 Å². The molecule has 9 heteroatoms. The lowest BCUT2D eigenvalue weighted by Gasteiger charge is -2.15. The van der Waals surface area contributed by atoms with Crippen LogP contribution in [0.3, 0.4) is 0 Å². The molecule has 1 aromatic rings. The minimum atomic E-state index is -4.32. The van der Waals surface area contributed by atoms with Gasteiger partial charge in [0.2, 0.25) is 0 Å². The normalized spacial score (nSPS) is 12.6. The fourth-order valence-corrected chi connectivity index (χ4v) is 2.84. The third-order valence-electron chi connectivity index (χ3n) is 2.57. The molecule has 1 atom stereocenters. The van der Waals surface area contributed by atoms with Crippen LogP contribution in [0.5, 0.6) is 0 Å². The second-order valence-corrected chi connectivity index (χ2v) is 5.75. The molecule has 0 aliphatic heterocycles. The summed E-state index contributed by atoms with van der Waals surface area (Å²) >= 11 is 0.884. The first kappa shape index (κ1) is 17.1. The van der Waals surface area contributed by atoms with Gasteiger partial charge in [0.15, 0.2) is 0 Å². The van der Waals surface area contributed by atoms with E-state index in [4.69, 9.17) is 11.0 Å².